The Labute approximate surface area is 170 Å². The highest BCUT2D eigenvalue weighted by atomic mass is 16.2. The van der Waals surface area contributed by atoms with Crippen molar-refractivity contribution in [1.29, 1.82) is 0 Å². The van der Waals surface area contributed by atoms with Crippen LogP contribution in [0.3, 0.4) is 0 Å². The van der Waals surface area contributed by atoms with E-state index in [1.807, 2.05) is 32.3 Å². The first-order valence-electron chi connectivity index (χ1n) is 10.0. The van der Waals surface area contributed by atoms with Gasteiger partial charge in [-0.1, -0.05) is 25.1 Å². The van der Waals surface area contributed by atoms with E-state index in [4.69, 9.17) is 0 Å². The van der Waals surface area contributed by atoms with Gasteiger partial charge in [0.2, 0.25) is 5.91 Å². The molecule has 1 aliphatic heterocycles. The monoisotopic (exact) mass is 393 g/mol. The standard InChI is InChI=1S/C21H27N7O/c1-4-16-7-5-6-15(2)19(16)25-18(29)13-27-8-10-28(11-9-27)21-17-12-24-26(3)20(17)22-14-23-21/h5-7,12,14H,4,8-11,13H2,1-3H3,(H,25,29). The first-order chi connectivity index (χ1) is 14.1. The number of piperazine rings is 1. The van der Waals surface area contributed by atoms with Crippen LogP contribution < -0.4 is 10.2 Å². The first kappa shape index (κ1) is 19.3. The lowest BCUT2D eigenvalue weighted by molar-refractivity contribution is -0.117. The fourth-order valence-corrected chi connectivity index (χ4v) is 3.90. The molecule has 0 unspecified atom stereocenters. The van der Waals surface area contributed by atoms with E-state index in [2.05, 4.69) is 43.2 Å². The highest BCUT2D eigenvalue weighted by Crippen LogP contribution is 2.24. The fraction of sp³-hybridized carbons (Fsp3) is 0.429. The predicted octanol–water partition coefficient (Wildman–Crippen LogP) is 1.99. The maximum atomic E-state index is 12.6. The minimum absolute atomic E-state index is 0.0409. The van der Waals surface area contributed by atoms with E-state index in [1.165, 1.54) is 5.56 Å². The summed E-state index contributed by atoms with van der Waals surface area (Å²) in [5.74, 6) is 0.957. The van der Waals surface area contributed by atoms with Crippen molar-refractivity contribution in [2.24, 2.45) is 7.05 Å². The lowest BCUT2D eigenvalue weighted by Crippen LogP contribution is -2.49. The molecule has 152 valence electrons. The van der Waals surface area contributed by atoms with Gasteiger partial charge in [-0.15, -0.1) is 0 Å². The zero-order valence-corrected chi connectivity index (χ0v) is 17.2. The van der Waals surface area contributed by atoms with Crippen LogP contribution in [0.5, 0.6) is 0 Å². The van der Waals surface area contributed by atoms with Crippen molar-refractivity contribution >= 4 is 28.4 Å². The van der Waals surface area contributed by atoms with Gasteiger partial charge in [-0.25, -0.2) is 9.97 Å². The van der Waals surface area contributed by atoms with Crippen LogP contribution in [0.2, 0.25) is 0 Å². The third kappa shape index (κ3) is 3.93. The Hall–Kier alpha value is -3.00. The molecule has 1 saturated heterocycles. The first-order valence-corrected chi connectivity index (χ1v) is 10.0. The number of benzene rings is 1. The quantitative estimate of drug-likeness (QED) is 0.714. The average molecular weight is 393 g/mol. The maximum Gasteiger partial charge on any atom is 0.238 e. The van der Waals surface area contributed by atoms with E-state index in [9.17, 15) is 4.79 Å². The van der Waals surface area contributed by atoms with Crippen LogP contribution in [0.1, 0.15) is 18.1 Å². The minimum Gasteiger partial charge on any atom is -0.353 e. The molecule has 4 rings (SSSR count). The fourth-order valence-electron chi connectivity index (χ4n) is 3.90. The molecule has 3 aromatic rings. The Bertz CT molecular complexity index is 1020. The van der Waals surface area contributed by atoms with Gasteiger partial charge in [0.25, 0.3) is 0 Å². The maximum absolute atomic E-state index is 12.6. The number of amides is 1. The van der Waals surface area contributed by atoms with Crippen LogP contribution in [0.4, 0.5) is 11.5 Å². The van der Waals surface area contributed by atoms with Crippen molar-refractivity contribution < 1.29 is 4.79 Å². The summed E-state index contributed by atoms with van der Waals surface area (Å²) in [6.07, 6.45) is 4.31. The number of anilines is 2. The topological polar surface area (TPSA) is 79.2 Å². The molecule has 8 heteroatoms. The molecule has 0 spiro atoms. The van der Waals surface area contributed by atoms with Gasteiger partial charge in [0.15, 0.2) is 5.65 Å². The summed E-state index contributed by atoms with van der Waals surface area (Å²) in [6.45, 7) is 7.81. The molecule has 0 aliphatic carbocycles. The summed E-state index contributed by atoms with van der Waals surface area (Å²) < 4.78 is 1.76. The van der Waals surface area contributed by atoms with Crippen LogP contribution in [-0.4, -0.2) is 63.3 Å². The number of aryl methyl sites for hydroxylation is 3. The summed E-state index contributed by atoms with van der Waals surface area (Å²) in [5.41, 5.74) is 4.07. The summed E-state index contributed by atoms with van der Waals surface area (Å²) in [5, 5.41) is 8.38. The molecule has 3 heterocycles. The number of aromatic nitrogens is 4. The minimum atomic E-state index is 0.0409. The molecule has 29 heavy (non-hydrogen) atoms. The molecule has 0 radical (unpaired) electrons. The molecule has 0 saturated carbocycles. The van der Waals surface area contributed by atoms with Crippen LogP contribution in [0.15, 0.2) is 30.7 Å². The molecular weight excluding hydrogens is 366 g/mol. The Kier molecular flexibility index (Phi) is 5.44. The van der Waals surface area contributed by atoms with E-state index in [0.717, 1.165) is 60.7 Å². The van der Waals surface area contributed by atoms with Crippen LogP contribution in [-0.2, 0) is 18.3 Å². The summed E-state index contributed by atoms with van der Waals surface area (Å²) in [4.78, 5) is 25.9. The Balaban J connectivity index is 1.37. The van der Waals surface area contributed by atoms with Gasteiger partial charge in [-0.05, 0) is 24.5 Å². The second-order valence-corrected chi connectivity index (χ2v) is 7.48. The van der Waals surface area contributed by atoms with Crippen molar-refractivity contribution in [2.75, 3.05) is 42.9 Å². The van der Waals surface area contributed by atoms with E-state index >= 15 is 0 Å². The lowest BCUT2D eigenvalue weighted by Gasteiger charge is -2.35. The Morgan fingerprint density at radius 2 is 1.97 bits per heavy atom. The number of carbonyl (C=O) groups excluding carboxylic acids is 1. The van der Waals surface area contributed by atoms with Gasteiger partial charge in [0.05, 0.1) is 18.1 Å². The molecule has 2 aromatic heterocycles. The zero-order chi connectivity index (χ0) is 20.4. The second-order valence-electron chi connectivity index (χ2n) is 7.48. The number of carbonyl (C=O) groups is 1. The molecule has 1 aromatic carbocycles. The second kappa shape index (κ2) is 8.16. The van der Waals surface area contributed by atoms with Crippen molar-refractivity contribution in [1.82, 2.24) is 24.6 Å². The SMILES string of the molecule is CCc1cccc(C)c1NC(=O)CN1CCN(c2ncnc3c2cnn3C)CC1. The Morgan fingerprint density at radius 3 is 2.72 bits per heavy atom. The number of nitrogens with one attached hydrogen (secondary N) is 1. The molecule has 1 amide bonds. The van der Waals surface area contributed by atoms with Gasteiger partial charge < -0.3 is 10.2 Å². The predicted molar refractivity (Wildman–Crippen MR) is 114 cm³/mol. The summed E-state index contributed by atoms with van der Waals surface area (Å²) >= 11 is 0. The van der Waals surface area contributed by atoms with Gasteiger partial charge in [0, 0.05) is 38.9 Å². The molecular formula is C21H27N7O. The third-order valence-corrected chi connectivity index (χ3v) is 5.55. The van der Waals surface area contributed by atoms with Crippen LogP contribution in [0.25, 0.3) is 11.0 Å². The zero-order valence-electron chi connectivity index (χ0n) is 17.2. The number of hydrogen-bond acceptors (Lipinski definition) is 6. The Morgan fingerprint density at radius 1 is 1.17 bits per heavy atom. The number of nitrogens with zero attached hydrogens (tertiary/aromatic N) is 6. The largest absolute Gasteiger partial charge is 0.353 e. The van der Waals surface area contributed by atoms with Crippen LogP contribution in [0, 0.1) is 6.92 Å². The van der Waals surface area contributed by atoms with Crippen molar-refractivity contribution in [3.8, 4) is 0 Å². The van der Waals surface area contributed by atoms with E-state index in [1.54, 1.807) is 11.0 Å². The molecule has 0 atom stereocenters. The smallest absolute Gasteiger partial charge is 0.238 e. The van der Waals surface area contributed by atoms with Gasteiger partial charge >= 0.3 is 0 Å². The molecule has 1 fully saturated rings. The van der Waals surface area contributed by atoms with Crippen molar-refractivity contribution in [3.05, 3.63) is 41.9 Å². The van der Waals surface area contributed by atoms with E-state index < -0.39 is 0 Å². The molecule has 1 N–H and O–H groups in total. The van der Waals surface area contributed by atoms with E-state index in [-0.39, 0.29) is 5.91 Å². The molecule has 1 aliphatic rings. The van der Waals surface area contributed by atoms with Gasteiger partial charge in [-0.2, -0.15) is 5.10 Å². The molecule has 8 nitrogen and oxygen atoms in total. The van der Waals surface area contributed by atoms with Crippen molar-refractivity contribution in [2.45, 2.75) is 20.3 Å². The number of rotatable bonds is 5. The van der Waals surface area contributed by atoms with E-state index in [0.29, 0.717) is 6.54 Å². The highest BCUT2D eigenvalue weighted by molar-refractivity contribution is 5.94. The number of hydrogen-bond donors (Lipinski definition) is 1. The van der Waals surface area contributed by atoms with Crippen molar-refractivity contribution in [3.63, 3.8) is 0 Å². The summed E-state index contributed by atoms with van der Waals surface area (Å²) in [6, 6.07) is 6.14. The summed E-state index contributed by atoms with van der Waals surface area (Å²) in [7, 11) is 1.88. The van der Waals surface area contributed by atoms with Gasteiger partial charge in [-0.3, -0.25) is 14.4 Å². The lowest BCUT2D eigenvalue weighted by atomic mass is 10.1. The number of para-hydroxylation sites is 1. The number of fused-ring (bicyclic) bond motifs is 1. The molecule has 0 bridgehead atoms. The average Bonchev–Trinajstić information content (AvgIpc) is 3.11. The van der Waals surface area contributed by atoms with Crippen LogP contribution >= 0.6 is 0 Å². The van der Waals surface area contributed by atoms with Gasteiger partial charge in [0.1, 0.15) is 12.1 Å². The normalized spacial score (nSPS) is 15.1. The highest BCUT2D eigenvalue weighted by Gasteiger charge is 2.22. The third-order valence-electron chi connectivity index (χ3n) is 5.55.